The SMILES string of the molecule is Cn1cc(-c2ccc(O)c(N3CC(=O)NS3(=O)=O)c2F)c(C(F)(F)F)n1. The Labute approximate surface area is 143 Å². The van der Waals surface area contributed by atoms with E-state index in [0.717, 1.165) is 23.0 Å². The van der Waals surface area contributed by atoms with Gasteiger partial charge in [0.2, 0.25) is 0 Å². The van der Waals surface area contributed by atoms with Gasteiger partial charge in [0.15, 0.2) is 11.5 Å². The third-order valence-corrected chi connectivity index (χ3v) is 4.93. The van der Waals surface area contributed by atoms with E-state index < -0.39 is 62.9 Å². The topological polar surface area (TPSA) is 105 Å². The van der Waals surface area contributed by atoms with Crippen molar-refractivity contribution in [1.29, 1.82) is 0 Å². The zero-order valence-corrected chi connectivity index (χ0v) is 13.7. The van der Waals surface area contributed by atoms with E-state index >= 15 is 0 Å². The summed E-state index contributed by atoms with van der Waals surface area (Å²) in [7, 11) is -3.28. The van der Waals surface area contributed by atoms with Crippen LogP contribution in [0, 0.1) is 5.82 Å². The molecule has 3 rings (SSSR count). The average molecular weight is 394 g/mol. The van der Waals surface area contributed by atoms with Crippen LogP contribution in [0.25, 0.3) is 11.1 Å². The first-order valence-corrected chi connectivity index (χ1v) is 8.32. The van der Waals surface area contributed by atoms with Crippen molar-refractivity contribution in [3.05, 3.63) is 29.8 Å². The maximum Gasteiger partial charge on any atom is 0.435 e. The number of carbonyl (C=O) groups is 1. The van der Waals surface area contributed by atoms with Crippen molar-refractivity contribution in [2.75, 3.05) is 10.8 Å². The van der Waals surface area contributed by atoms with Gasteiger partial charge in [-0.15, -0.1) is 0 Å². The number of hydrogen-bond acceptors (Lipinski definition) is 5. The molecule has 2 N–H and O–H groups in total. The Kier molecular flexibility index (Phi) is 3.86. The van der Waals surface area contributed by atoms with Crippen LogP contribution in [0.4, 0.5) is 23.2 Å². The van der Waals surface area contributed by atoms with Gasteiger partial charge >= 0.3 is 16.4 Å². The normalized spacial score (nSPS) is 16.8. The van der Waals surface area contributed by atoms with Gasteiger partial charge in [0.25, 0.3) is 5.91 Å². The molecule has 0 saturated carbocycles. The van der Waals surface area contributed by atoms with Crippen LogP contribution in [0.3, 0.4) is 0 Å². The van der Waals surface area contributed by atoms with Crippen LogP contribution in [0.1, 0.15) is 5.69 Å². The van der Waals surface area contributed by atoms with Crippen molar-refractivity contribution >= 4 is 21.8 Å². The zero-order valence-electron chi connectivity index (χ0n) is 12.9. The van der Waals surface area contributed by atoms with Crippen LogP contribution in [0.5, 0.6) is 5.75 Å². The molecule has 1 aliphatic rings. The number of anilines is 1. The molecule has 2 heterocycles. The number of nitrogens with zero attached hydrogens (tertiary/aromatic N) is 3. The fourth-order valence-corrected chi connectivity index (χ4v) is 3.70. The molecule has 0 bridgehead atoms. The molecule has 2 aromatic rings. The second-order valence-corrected chi connectivity index (χ2v) is 6.99. The Morgan fingerprint density at radius 2 is 1.92 bits per heavy atom. The number of hydrogen-bond donors (Lipinski definition) is 2. The van der Waals surface area contributed by atoms with Crippen LogP contribution >= 0.6 is 0 Å². The lowest BCUT2D eigenvalue weighted by atomic mass is 10.0. The number of aryl methyl sites for hydroxylation is 1. The fraction of sp³-hybridized carbons (Fsp3) is 0.231. The molecule has 140 valence electrons. The van der Waals surface area contributed by atoms with Crippen LogP contribution in [-0.4, -0.2) is 35.8 Å². The van der Waals surface area contributed by atoms with Crippen molar-refractivity contribution < 1.29 is 35.9 Å². The quantitative estimate of drug-likeness (QED) is 0.744. The lowest BCUT2D eigenvalue weighted by Crippen LogP contribution is -2.30. The number of rotatable bonds is 2. The van der Waals surface area contributed by atoms with Gasteiger partial charge in [-0.25, -0.2) is 13.4 Å². The minimum absolute atomic E-state index is 0.243. The van der Waals surface area contributed by atoms with E-state index in [0.29, 0.717) is 0 Å². The molecule has 0 atom stereocenters. The summed E-state index contributed by atoms with van der Waals surface area (Å²) in [6.07, 6.45) is -3.98. The summed E-state index contributed by atoms with van der Waals surface area (Å²) in [6, 6.07) is 1.69. The Morgan fingerprint density at radius 3 is 2.46 bits per heavy atom. The number of aromatic nitrogens is 2. The van der Waals surface area contributed by atoms with E-state index in [2.05, 4.69) is 5.10 Å². The first kappa shape index (κ1) is 18.0. The van der Waals surface area contributed by atoms with Gasteiger partial charge in [0, 0.05) is 24.4 Å². The van der Waals surface area contributed by atoms with Crippen molar-refractivity contribution in [3.8, 4) is 16.9 Å². The molecule has 1 aromatic carbocycles. The number of benzene rings is 1. The van der Waals surface area contributed by atoms with Gasteiger partial charge in [-0.1, -0.05) is 0 Å². The maximum atomic E-state index is 14.9. The lowest BCUT2D eigenvalue weighted by Gasteiger charge is -2.18. The van der Waals surface area contributed by atoms with E-state index in [9.17, 15) is 35.9 Å². The molecule has 1 saturated heterocycles. The van der Waals surface area contributed by atoms with Crippen molar-refractivity contribution in [2.24, 2.45) is 7.05 Å². The van der Waals surface area contributed by atoms with Crippen LogP contribution < -0.4 is 9.03 Å². The Bertz CT molecular complexity index is 1020. The molecule has 1 aliphatic heterocycles. The molecule has 26 heavy (non-hydrogen) atoms. The van der Waals surface area contributed by atoms with E-state index in [1.54, 1.807) is 4.72 Å². The number of phenolic OH excluding ortho intramolecular Hbond substituents is 1. The number of nitrogens with one attached hydrogen (secondary N) is 1. The molecular weight excluding hydrogens is 384 g/mol. The molecular formula is C13H10F4N4O4S. The molecule has 1 amide bonds. The number of amides is 1. The number of carbonyl (C=O) groups excluding carboxylic acids is 1. The summed E-state index contributed by atoms with van der Waals surface area (Å²) in [5.41, 5.74) is -3.59. The van der Waals surface area contributed by atoms with Crippen molar-refractivity contribution in [1.82, 2.24) is 14.5 Å². The number of halogens is 4. The molecule has 1 fully saturated rings. The summed E-state index contributed by atoms with van der Waals surface area (Å²) in [5.74, 6) is -3.28. The average Bonchev–Trinajstić information content (AvgIpc) is 2.98. The standard InChI is InChI=1S/C13H10F4N4O4S/c1-20-4-7(12(18-20)13(15,16)17)6-2-3-8(22)11(10(6)14)21-5-9(23)19-26(21,24)25/h2-4,22H,5H2,1H3,(H,19,23). The number of aromatic hydroxyl groups is 1. The molecule has 1 aromatic heterocycles. The highest BCUT2D eigenvalue weighted by Gasteiger charge is 2.41. The van der Waals surface area contributed by atoms with E-state index in [1.807, 2.05) is 0 Å². The summed E-state index contributed by atoms with van der Waals surface area (Å²) in [6.45, 7) is -0.824. The first-order valence-electron chi connectivity index (χ1n) is 6.88. The number of alkyl halides is 3. The Hall–Kier alpha value is -2.83. The summed E-state index contributed by atoms with van der Waals surface area (Å²) < 4.78 is 80.7. The number of phenols is 1. The maximum absolute atomic E-state index is 14.9. The summed E-state index contributed by atoms with van der Waals surface area (Å²) >= 11 is 0. The van der Waals surface area contributed by atoms with E-state index in [4.69, 9.17) is 0 Å². The van der Waals surface area contributed by atoms with Gasteiger partial charge < -0.3 is 5.11 Å². The highest BCUT2D eigenvalue weighted by atomic mass is 32.2. The summed E-state index contributed by atoms with van der Waals surface area (Å²) in [4.78, 5) is 11.3. The van der Waals surface area contributed by atoms with Gasteiger partial charge in [-0.2, -0.15) is 26.7 Å². The minimum Gasteiger partial charge on any atom is -0.506 e. The molecule has 13 heteroatoms. The summed E-state index contributed by atoms with van der Waals surface area (Å²) in [5, 5.41) is 13.1. The third-order valence-electron chi connectivity index (χ3n) is 3.55. The highest BCUT2D eigenvalue weighted by Crippen LogP contribution is 2.42. The van der Waals surface area contributed by atoms with Crippen molar-refractivity contribution in [2.45, 2.75) is 6.18 Å². The Morgan fingerprint density at radius 1 is 1.27 bits per heavy atom. The zero-order chi connectivity index (χ0) is 19.4. The molecule has 0 spiro atoms. The van der Waals surface area contributed by atoms with Crippen LogP contribution in [-0.2, 0) is 28.2 Å². The van der Waals surface area contributed by atoms with E-state index in [-0.39, 0.29) is 4.31 Å². The predicted molar refractivity (Wildman–Crippen MR) is 79.7 cm³/mol. The van der Waals surface area contributed by atoms with Crippen molar-refractivity contribution in [3.63, 3.8) is 0 Å². The van der Waals surface area contributed by atoms with Crippen LogP contribution in [0.15, 0.2) is 18.3 Å². The second-order valence-electron chi connectivity index (χ2n) is 5.39. The van der Waals surface area contributed by atoms with Gasteiger partial charge in [-0.05, 0) is 12.1 Å². The van der Waals surface area contributed by atoms with E-state index in [1.165, 1.54) is 7.05 Å². The molecule has 0 unspecified atom stereocenters. The predicted octanol–water partition coefficient (Wildman–Crippen LogP) is 1.13. The van der Waals surface area contributed by atoms with Crippen LogP contribution in [0.2, 0.25) is 0 Å². The molecule has 0 aliphatic carbocycles. The minimum atomic E-state index is -4.89. The molecule has 0 radical (unpaired) electrons. The van der Waals surface area contributed by atoms with Gasteiger partial charge in [-0.3, -0.25) is 9.48 Å². The largest absolute Gasteiger partial charge is 0.506 e. The lowest BCUT2D eigenvalue weighted by molar-refractivity contribution is -0.141. The van der Waals surface area contributed by atoms with Gasteiger partial charge in [0.05, 0.1) is 0 Å². The second kappa shape index (κ2) is 5.59. The van der Waals surface area contributed by atoms with Gasteiger partial charge in [0.1, 0.15) is 18.0 Å². The monoisotopic (exact) mass is 394 g/mol. The molecule has 8 nitrogen and oxygen atoms in total. The highest BCUT2D eigenvalue weighted by molar-refractivity contribution is 7.92. The third kappa shape index (κ3) is 2.83. The fourth-order valence-electron chi connectivity index (χ4n) is 2.54. The smallest absolute Gasteiger partial charge is 0.435 e. The Balaban J connectivity index is 2.24. The first-order chi connectivity index (χ1) is 11.9.